The Bertz CT molecular complexity index is 652. The van der Waals surface area contributed by atoms with Crippen molar-refractivity contribution in [1.29, 1.82) is 0 Å². The number of nitrogens with zero attached hydrogens (tertiary/aromatic N) is 2. The molecule has 0 saturated heterocycles. The molecule has 19 heavy (non-hydrogen) atoms. The molecule has 1 heterocycles. The van der Waals surface area contributed by atoms with E-state index in [1.54, 1.807) is 0 Å². The van der Waals surface area contributed by atoms with E-state index in [2.05, 4.69) is 9.72 Å². The highest BCUT2D eigenvalue weighted by molar-refractivity contribution is 6.33. The second-order valence-electron chi connectivity index (χ2n) is 3.44. The SMILES string of the molecule is COC(=O)c1ncoc1-c1ccc([N+](=O)[O-])cc1Cl. The first-order valence-electron chi connectivity index (χ1n) is 5.00. The Morgan fingerprint density at radius 3 is 2.84 bits per heavy atom. The van der Waals surface area contributed by atoms with Crippen LogP contribution in [0.2, 0.25) is 5.02 Å². The van der Waals surface area contributed by atoms with E-state index in [-0.39, 0.29) is 22.2 Å². The van der Waals surface area contributed by atoms with E-state index in [1.807, 2.05) is 0 Å². The molecule has 0 atom stereocenters. The molecule has 8 heteroatoms. The van der Waals surface area contributed by atoms with E-state index in [0.29, 0.717) is 5.56 Å². The van der Waals surface area contributed by atoms with Crippen LogP contribution in [-0.4, -0.2) is 23.0 Å². The number of esters is 1. The highest BCUT2D eigenvalue weighted by atomic mass is 35.5. The molecule has 2 rings (SSSR count). The van der Waals surface area contributed by atoms with Crippen LogP contribution in [0.15, 0.2) is 29.0 Å². The first-order chi connectivity index (χ1) is 9.04. The molecule has 98 valence electrons. The van der Waals surface area contributed by atoms with Gasteiger partial charge < -0.3 is 9.15 Å². The topological polar surface area (TPSA) is 95.5 Å². The van der Waals surface area contributed by atoms with Crippen molar-refractivity contribution in [2.45, 2.75) is 0 Å². The summed E-state index contributed by atoms with van der Waals surface area (Å²) >= 11 is 5.94. The van der Waals surface area contributed by atoms with Gasteiger partial charge in [0.05, 0.1) is 17.1 Å². The fourth-order valence-corrected chi connectivity index (χ4v) is 1.74. The second kappa shape index (κ2) is 5.07. The largest absolute Gasteiger partial charge is 0.464 e. The van der Waals surface area contributed by atoms with Crippen LogP contribution < -0.4 is 0 Å². The third-order valence-electron chi connectivity index (χ3n) is 2.35. The van der Waals surface area contributed by atoms with Gasteiger partial charge >= 0.3 is 5.97 Å². The molecule has 0 bridgehead atoms. The van der Waals surface area contributed by atoms with Gasteiger partial charge in [-0.3, -0.25) is 10.1 Å². The predicted octanol–water partition coefficient (Wildman–Crippen LogP) is 2.69. The van der Waals surface area contributed by atoms with Crippen molar-refractivity contribution in [2.75, 3.05) is 7.11 Å². The summed E-state index contributed by atoms with van der Waals surface area (Å²) in [6.07, 6.45) is 1.07. The number of aromatic nitrogens is 1. The first kappa shape index (κ1) is 13.0. The summed E-state index contributed by atoms with van der Waals surface area (Å²) in [4.78, 5) is 25.2. The van der Waals surface area contributed by atoms with Gasteiger partial charge in [-0.05, 0) is 6.07 Å². The van der Waals surface area contributed by atoms with Crippen molar-refractivity contribution >= 4 is 23.3 Å². The highest BCUT2D eigenvalue weighted by Gasteiger charge is 2.21. The Kier molecular flexibility index (Phi) is 3.48. The zero-order valence-corrected chi connectivity index (χ0v) is 10.4. The summed E-state index contributed by atoms with van der Waals surface area (Å²) in [6.45, 7) is 0. The maximum absolute atomic E-state index is 11.5. The number of carbonyl (C=O) groups excluding carboxylic acids is 1. The molecular weight excluding hydrogens is 276 g/mol. The van der Waals surface area contributed by atoms with Crippen LogP contribution in [0.1, 0.15) is 10.5 Å². The minimum Gasteiger partial charge on any atom is -0.464 e. The van der Waals surface area contributed by atoms with Gasteiger partial charge in [0.15, 0.2) is 17.8 Å². The van der Waals surface area contributed by atoms with Crippen molar-refractivity contribution in [3.63, 3.8) is 0 Å². The van der Waals surface area contributed by atoms with Crippen LogP contribution in [0, 0.1) is 10.1 Å². The molecule has 1 aromatic heterocycles. The number of hydrogen-bond donors (Lipinski definition) is 0. The number of rotatable bonds is 3. The molecule has 2 aromatic rings. The van der Waals surface area contributed by atoms with Crippen molar-refractivity contribution in [3.8, 4) is 11.3 Å². The summed E-state index contributed by atoms with van der Waals surface area (Å²) in [6, 6.07) is 3.80. The number of ether oxygens (including phenoxy) is 1. The fraction of sp³-hybridized carbons (Fsp3) is 0.0909. The van der Waals surface area contributed by atoms with Gasteiger partial charge in [0.25, 0.3) is 5.69 Å². The normalized spacial score (nSPS) is 10.2. The van der Waals surface area contributed by atoms with E-state index in [9.17, 15) is 14.9 Å². The fourth-order valence-electron chi connectivity index (χ4n) is 1.48. The average Bonchev–Trinajstić information content (AvgIpc) is 2.86. The number of benzene rings is 1. The molecule has 0 spiro atoms. The Morgan fingerprint density at radius 1 is 1.53 bits per heavy atom. The predicted molar refractivity (Wildman–Crippen MR) is 64.9 cm³/mol. The van der Waals surface area contributed by atoms with E-state index in [4.69, 9.17) is 16.0 Å². The maximum Gasteiger partial charge on any atom is 0.360 e. The molecule has 0 aliphatic heterocycles. The third kappa shape index (κ3) is 2.41. The molecular formula is C11H7ClN2O5. The van der Waals surface area contributed by atoms with Gasteiger partial charge in [0, 0.05) is 17.7 Å². The second-order valence-corrected chi connectivity index (χ2v) is 3.85. The van der Waals surface area contributed by atoms with Crippen molar-refractivity contribution in [1.82, 2.24) is 4.98 Å². The van der Waals surface area contributed by atoms with Gasteiger partial charge in [-0.1, -0.05) is 11.6 Å². The lowest BCUT2D eigenvalue weighted by Crippen LogP contribution is -2.03. The number of halogens is 1. The summed E-state index contributed by atoms with van der Waals surface area (Å²) in [5, 5.41) is 10.7. The lowest BCUT2D eigenvalue weighted by Gasteiger charge is -2.02. The molecule has 0 radical (unpaired) electrons. The average molecular weight is 283 g/mol. The zero-order chi connectivity index (χ0) is 14.0. The lowest BCUT2D eigenvalue weighted by atomic mass is 10.1. The minimum absolute atomic E-state index is 0.0433. The van der Waals surface area contributed by atoms with Crippen molar-refractivity contribution in [2.24, 2.45) is 0 Å². The molecule has 0 aliphatic carbocycles. The van der Waals surface area contributed by atoms with Crippen LogP contribution in [0.5, 0.6) is 0 Å². The smallest absolute Gasteiger partial charge is 0.360 e. The van der Waals surface area contributed by atoms with E-state index < -0.39 is 10.9 Å². The van der Waals surface area contributed by atoms with Crippen LogP contribution in [0.4, 0.5) is 5.69 Å². The Hall–Kier alpha value is -2.41. The van der Waals surface area contributed by atoms with E-state index in [1.165, 1.54) is 25.3 Å². The van der Waals surface area contributed by atoms with Crippen LogP contribution in [0.25, 0.3) is 11.3 Å². The first-order valence-corrected chi connectivity index (χ1v) is 5.38. The molecule has 0 aliphatic rings. The van der Waals surface area contributed by atoms with E-state index in [0.717, 1.165) is 6.39 Å². The highest BCUT2D eigenvalue weighted by Crippen LogP contribution is 2.33. The molecule has 1 aromatic carbocycles. The minimum atomic E-state index is -0.682. The monoisotopic (exact) mass is 282 g/mol. The molecule has 7 nitrogen and oxygen atoms in total. The van der Waals surface area contributed by atoms with Gasteiger partial charge in [0.1, 0.15) is 0 Å². The van der Waals surface area contributed by atoms with Gasteiger partial charge in [-0.25, -0.2) is 9.78 Å². The van der Waals surface area contributed by atoms with Gasteiger partial charge in [-0.15, -0.1) is 0 Å². The standard InChI is InChI=1S/C11H7ClN2O5/c1-18-11(15)9-10(19-5-13-9)7-3-2-6(14(16)17)4-8(7)12/h2-5H,1H3. The molecule has 0 amide bonds. The summed E-state index contributed by atoms with van der Waals surface area (Å²) in [7, 11) is 1.21. The van der Waals surface area contributed by atoms with Crippen molar-refractivity contribution in [3.05, 3.63) is 45.4 Å². The Morgan fingerprint density at radius 2 is 2.26 bits per heavy atom. The number of non-ortho nitro benzene ring substituents is 1. The number of carbonyl (C=O) groups is 1. The van der Waals surface area contributed by atoms with Crippen LogP contribution in [-0.2, 0) is 4.74 Å². The number of hydrogen-bond acceptors (Lipinski definition) is 6. The quantitative estimate of drug-likeness (QED) is 0.488. The Balaban J connectivity index is 2.51. The maximum atomic E-state index is 11.5. The van der Waals surface area contributed by atoms with Crippen LogP contribution in [0.3, 0.4) is 0 Å². The number of methoxy groups -OCH3 is 1. The molecule has 0 N–H and O–H groups in total. The van der Waals surface area contributed by atoms with E-state index >= 15 is 0 Å². The lowest BCUT2D eigenvalue weighted by molar-refractivity contribution is -0.384. The molecule has 0 fully saturated rings. The zero-order valence-electron chi connectivity index (χ0n) is 9.62. The number of oxazole rings is 1. The summed E-state index contributed by atoms with van der Waals surface area (Å²) in [5.74, 6) is -0.579. The molecule has 0 unspecified atom stereocenters. The number of nitro groups is 1. The van der Waals surface area contributed by atoms with Gasteiger partial charge in [0.2, 0.25) is 0 Å². The number of nitro benzene ring substituents is 1. The Labute approximate surface area is 111 Å². The molecule has 0 saturated carbocycles. The van der Waals surface area contributed by atoms with Crippen LogP contribution >= 0.6 is 11.6 Å². The summed E-state index contributed by atoms with van der Waals surface area (Å²) in [5.41, 5.74) is 0.122. The third-order valence-corrected chi connectivity index (χ3v) is 2.67. The summed E-state index contributed by atoms with van der Waals surface area (Å²) < 4.78 is 9.63. The van der Waals surface area contributed by atoms with Gasteiger partial charge in [-0.2, -0.15) is 0 Å². The van der Waals surface area contributed by atoms with Crippen molar-refractivity contribution < 1.29 is 18.9 Å².